The summed E-state index contributed by atoms with van der Waals surface area (Å²) < 4.78 is 7.02. The van der Waals surface area contributed by atoms with E-state index in [1.807, 2.05) is 24.3 Å². The fraction of sp³-hybridized carbons (Fsp3) is 0.400. The predicted molar refractivity (Wildman–Crippen MR) is 81.4 cm³/mol. The molecule has 4 heteroatoms. The molecular formula is C15H19BrN2O. The van der Waals surface area contributed by atoms with Gasteiger partial charge in [0.2, 0.25) is 5.88 Å². The SMILES string of the molecule is C=CCN1CCCC(C=C)(Oc2ncccc2Br)C1. The van der Waals surface area contributed by atoms with Crippen molar-refractivity contribution in [2.24, 2.45) is 0 Å². The van der Waals surface area contributed by atoms with Crippen LogP contribution < -0.4 is 4.74 Å². The van der Waals surface area contributed by atoms with Crippen LogP contribution in [0.1, 0.15) is 12.8 Å². The van der Waals surface area contributed by atoms with Gasteiger partial charge in [0.25, 0.3) is 0 Å². The Morgan fingerprint density at radius 3 is 3.05 bits per heavy atom. The molecule has 0 N–H and O–H groups in total. The van der Waals surface area contributed by atoms with E-state index < -0.39 is 0 Å². The van der Waals surface area contributed by atoms with Crippen molar-refractivity contribution in [1.29, 1.82) is 0 Å². The second-order valence-electron chi connectivity index (χ2n) is 4.79. The molecule has 1 saturated heterocycles. The third-order valence-electron chi connectivity index (χ3n) is 3.35. The highest BCUT2D eigenvalue weighted by atomic mass is 79.9. The van der Waals surface area contributed by atoms with Crippen molar-refractivity contribution < 1.29 is 4.74 Å². The number of pyridine rings is 1. The number of hydrogen-bond donors (Lipinski definition) is 0. The van der Waals surface area contributed by atoms with Gasteiger partial charge in [-0.3, -0.25) is 4.90 Å². The summed E-state index contributed by atoms with van der Waals surface area (Å²) in [5.74, 6) is 0.628. The number of nitrogens with zero attached hydrogens (tertiary/aromatic N) is 2. The molecule has 2 rings (SSSR count). The molecule has 2 heterocycles. The average Bonchev–Trinajstić information content (AvgIpc) is 2.42. The normalized spacial score (nSPS) is 23.8. The summed E-state index contributed by atoms with van der Waals surface area (Å²) in [4.78, 5) is 6.61. The maximum absolute atomic E-state index is 6.15. The van der Waals surface area contributed by atoms with Gasteiger partial charge in [-0.25, -0.2) is 4.98 Å². The second kappa shape index (κ2) is 6.35. The zero-order chi connectivity index (χ0) is 13.7. The zero-order valence-electron chi connectivity index (χ0n) is 11.0. The van der Waals surface area contributed by atoms with Crippen LogP contribution in [0.4, 0.5) is 0 Å². The maximum atomic E-state index is 6.15. The fourth-order valence-corrected chi connectivity index (χ4v) is 2.74. The van der Waals surface area contributed by atoms with Gasteiger partial charge in [-0.1, -0.05) is 12.7 Å². The molecule has 19 heavy (non-hydrogen) atoms. The molecule has 1 aromatic rings. The molecule has 0 spiro atoms. The predicted octanol–water partition coefficient (Wildman–Crippen LogP) is 3.43. The van der Waals surface area contributed by atoms with Gasteiger partial charge in [0.05, 0.1) is 4.47 Å². The van der Waals surface area contributed by atoms with Crippen LogP contribution in [-0.2, 0) is 0 Å². The molecule has 1 aromatic heterocycles. The van der Waals surface area contributed by atoms with Crippen molar-refractivity contribution in [2.75, 3.05) is 19.6 Å². The van der Waals surface area contributed by atoms with Crippen LogP contribution in [0.5, 0.6) is 5.88 Å². The lowest BCUT2D eigenvalue weighted by Crippen LogP contribution is -2.50. The first kappa shape index (κ1) is 14.3. The fourth-order valence-electron chi connectivity index (χ4n) is 2.41. The molecule has 1 aliphatic heterocycles. The minimum atomic E-state index is -0.363. The summed E-state index contributed by atoms with van der Waals surface area (Å²) in [6.45, 7) is 10.5. The summed E-state index contributed by atoms with van der Waals surface area (Å²) in [6.07, 6.45) is 7.62. The van der Waals surface area contributed by atoms with Crippen LogP contribution in [0.25, 0.3) is 0 Å². The Hall–Kier alpha value is -1.13. The summed E-state index contributed by atoms with van der Waals surface area (Å²) in [5, 5.41) is 0. The summed E-state index contributed by atoms with van der Waals surface area (Å²) in [6, 6.07) is 3.81. The Morgan fingerprint density at radius 1 is 1.53 bits per heavy atom. The average molecular weight is 323 g/mol. The van der Waals surface area contributed by atoms with E-state index in [2.05, 4.69) is 39.0 Å². The van der Waals surface area contributed by atoms with Crippen LogP contribution in [-0.4, -0.2) is 35.1 Å². The smallest absolute Gasteiger partial charge is 0.228 e. The van der Waals surface area contributed by atoms with Crippen LogP contribution in [0.2, 0.25) is 0 Å². The van der Waals surface area contributed by atoms with Crippen molar-refractivity contribution >= 4 is 15.9 Å². The van der Waals surface area contributed by atoms with Crippen molar-refractivity contribution in [3.8, 4) is 5.88 Å². The van der Waals surface area contributed by atoms with Crippen molar-refractivity contribution in [3.63, 3.8) is 0 Å². The second-order valence-corrected chi connectivity index (χ2v) is 5.64. The monoisotopic (exact) mass is 322 g/mol. The largest absolute Gasteiger partial charge is 0.465 e. The molecule has 0 bridgehead atoms. The highest BCUT2D eigenvalue weighted by Gasteiger charge is 2.35. The van der Waals surface area contributed by atoms with E-state index >= 15 is 0 Å². The molecule has 1 fully saturated rings. The van der Waals surface area contributed by atoms with Crippen LogP contribution in [0.15, 0.2) is 48.1 Å². The van der Waals surface area contributed by atoms with Crippen molar-refractivity contribution in [1.82, 2.24) is 9.88 Å². The van der Waals surface area contributed by atoms with E-state index in [-0.39, 0.29) is 5.60 Å². The molecular weight excluding hydrogens is 304 g/mol. The van der Waals surface area contributed by atoms with Crippen molar-refractivity contribution in [2.45, 2.75) is 18.4 Å². The lowest BCUT2D eigenvalue weighted by Gasteiger charge is -2.40. The van der Waals surface area contributed by atoms with Crippen LogP contribution in [0.3, 0.4) is 0 Å². The first-order valence-electron chi connectivity index (χ1n) is 6.45. The van der Waals surface area contributed by atoms with Gasteiger partial charge in [-0.05, 0) is 53.5 Å². The Balaban J connectivity index is 2.16. The summed E-state index contributed by atoms with van der Waals surface area (Å²) >= 11 is 3.47. The Labute approximate surface area is 123 Å². The van der Waals surface area contributed by atoms with Gasteiger partial charge < -0.3 is 4.74 Å². The number of piperidine rings is 1. The Morgan fingerprint density at radius 2 is 2.37 bits per heavy atom. The van der Waals surface area contributed by atoms with E-state index in [0.717, 1.165) is 36.9 Å². The molecule has 0 amide bonds. The van der Waals surface area contributed by atoms with Gasteiger partial charge >= 0.3 is 0 Å². The first-order valence-corrected chi connectivity index (χ1v) is 7.25. The van der Waals surface area contributed by atoms with E-state index in [1.165, 1.54) is 0 Å². The number of hydrogen-bond acceptors (Lipinski definition) is 3. The molecule has 102 valence electrons. The van der Waals surface area contributed by atoms with Gasteiger partial charge in [0.15, 0.2) is 0 Å². The van der Waals surface area contributed by atoms with Crippen molar-refractivity contribution in [3.05, 3.63) is 48.1 Å². The topological polar surface area (TPSA) is 25.4 Å². The van der Waals surface area contributed by atoms with Gasteiger partial charge in [-0.2, -0.15) is 0 Å². The van der Waals surface area contributed by atoms with Crippen LogP contribution in [0, 0.1) is 0 Å². The summed E-state index contributed by atoms with van der Waals surface area (Å²) in [7, 11) is 0. The molecule has 1 unspecified atom stereocenters. The molecule has 0 aliphatic carbocycles. The quantitative estimate of drug-likeness (QED) is 0.776. The van der Waals surface area contributed by atoms with Gasteiger partial charge in [0, 0.05) is 19.3 Å². The molecule has 0 saturated carbocycles. The number of ether oxygens (including phenoxy) is 1. The van der Waals surface area contributed by atoms with Crippen LogP contribution >= 0.6 is 15.9 Å². The van der Waals surface area contributed by atoms with E-state index in [1.54, 1.807) is 6.20 Å². The molecule has 1 atom stereocenters. The molecule has 1 aliphatic rings. The van der Waals surface area contributed by atoms with E-state index in [9.17, 15) is 0 Å². The number of rotatable bonds is 5. The highest BCUT2D eigenvalue weighted by Crippen LogP contribution is 2.31. The van der Waals surface area contributed by atoms with Gasteiger partial charge in [-0.15, -0.1) is 6.58 Å². The lowest BCUT2D eigenvalue weighted by atomic mass is 9.92. The summed E-state index contributed by atoms with van der Waals surface area (Å²) in [5.41, 5.74) is -0.363. The number of aromatic nitrogens is 1. The third kappa shape index (κ3) is 3.45. The van der Waals surface area contributed by atoms with E-state index in [4.69, 9.17) is 4.74 Å². The third-order valence-corrected chi connectivity index (χ3v) is 3.95. The minimum Gasteiger partial charge on any atom is -0.465 e. The highest BCUT2D eigenvalue weighted by molar-refractivity contribution is 9.10. The first-order chi connectivity index (χ1) is 9.19. The number of halogens is 1. The lowest BCUT2D eigenvalue weighted by molar-refractivity contribution is 0.0300. The molecule has 0 aromatic carbocycles. The van der Waals surface area contributed by atoms with E-state index in [0.29, 0.717) is 5.88 Å². The Bertz CT molecular complexity index is 463. The van der Waals surface area contributed by atoms with Gasteiger partial charge in [0.1, 0.15) is 5.60 Å². The number of likely N-dealkylation sites (tertiary alicyclic amines) is 1. The molecule has 3 nitrogen and oxygen atoms in total. The molecule has 0 radical (unpaired) electrons. The standard InChI is InChI=1S/C15H19BrN2O/c1-3-10-18-11-6-8-15(4-2,12-18)19-14-13(16)7-5-9-17-14/h3-5,7,9H,1-2,6,8,10-12H2. The Kier molecular flexibility index (Phi) is 4.77. The maximum Gasteiger partial charge on any atom is 0.228 e. The minimum absolute atomic E-state index is 0.363. The zero-order valence-corrected chi connectivity index (χ0v) is 12.6.